The largest absolute Gasteiger partial charge is 0.412 e. The van der Waals surface area contributed by atoms with Crippen LogP contribution in [0.5, 0.6) is 5.06 Å². The molecule has 0 atom stereocenters. The molecule has 0 saturated heterocycles. The van der Waals surface area contributed by atoms with E-state index in [1.165, 1.54) is 11.3 Å². The van der Waals surface area contributed by atoms with Gasteiger partial charge in [0.15, 0.2) is 5.06 Å². The van der Waals surface area contributed by atoms with Crippen LogP contribution in [0.15, 0.2) is 35.7 Å². The summed E-state index contributed by atoms with van der Waals surface area (Å²) >= 11 is 1.39. The van der Waals surface area contributed by atoms with Crippen LogP contribution >= 0.6 is 11.3 Å². The lowest BCUT2D eigenvalue weighted by Gasteiger charge is -2.17. The van der Waals surface area contributed by atoms with Crippen LogP contribution in [0, 0.1) is 0 Å². The maximum absolute atomic E-state index is 12.2. The van der Waals surface area contributed by atoms with Crippen molar-refractivity contribution in [3.63, 3.8) is 0 Å². The predicted octanol–water partition coefficient (Wildman–Crippen LogP) is 3.03. The minimum Gasteiger partial charge on any atom is -0.412 e. The molecule has 96 valence electrons. The van der Waals surface area contributed by atoms with Crippen molar-refractivity contribution in [2.24, 2.45) is 0 Å². The van der Waals surface area contributed by atoms with Crippen LogP contribution < -0.4 is 4.74 Å². The molecular weight excluding hydrogens is 260 g/mol. The third kappa shape index (κ3) is 2.44. The van der Waals surface area contributed by atoms with Crippen molar-refractivity contribution in [2.75, 3.05) is 0 Å². The van der Waals surface area contributed by atoms with Gasteiger partial charge in [0.25, 0.3) is 0 Å². The molecule has 0 amide bonds. The SMILES string of the molecule is O=C1CCc2c(cccc2C(=O)Oc2cccs2)C1. The first kappa shape index (κ1) is 12.1. The lowest BCUT2D eigenvalue weighted by Crippen LogP contribution is -2.18. The maximum atomic E-state index is 12.2. The predicted molar refractivity (Wildman–Crippen MR) is 72.8 cm³/mol. The van der Waals surface area contributed by atoms with Gasteiger partial charge < -0.3 is 4.74 Å². The molecule has 3 rings (SSSR count). The second-order valence-electron chi connectivity index (χ2n) is 4.48. The molecule has 1 aliphatic carbocycles. The van der Waals surface area contributed by atoms with E-state index in [2.05, 4.69) is 0 Å². The average Bonchev–Trinajstić information content (AvgIpc) is 2.90. The Balaban J connectivity index is 1.91. The van der Waals surface area contributed by atoms with Gasteiger partial charge in [0.2, 0.25) is 0 Å². The van der Waals surface area contributed by atoms with Gasteiger partial charge in [0.1, 0.15) is 5.78 Å². The number of fused-ring (bicyclic) bond motifs is 1. The van der Waals surface area contributed by atoms with Gasteiger partial charge in [-0.1, -0.05) is 12.1 Å². The third-order valence-electron chi connectivity index (χ3n) is 3.22. The molecule has 4 heteroatoms. The molecule has 0 spiro atoms. The van der Waals surface area contributed by atoms with Gasteiger partial charge in [-0.15, -0.1) is 11.3 Å². The maximum Gasteiger partial charge on any atom is 0.344 e. The van der Waals surface area contributed by atoms with Gasteiger partial charge in [-0.2, -0.15) is 0 Å². The van der Waals surface area contributed by atoms with Gasteiger partial charge >= 0.3 is 5.97 Å². The molecule has 1 heterocycles. The van der Waals surface area contributed by atoms with Crippen molar-refractivity contribution in [2.45, 2.75) is 19.3 Å². The molecular formula is C15H12O3S. The van der Waals surface area contributed by atoms with Gasteiger partial charge in [-0.25, -0.2) is 4.79 Å². The molecule has 2 aromatic rings. The van der Waals surface area contributed by atoms with Crippen molar-refractivity contribution < 1.29 is 14.3 Å². The topological polar surface area (TPSA) is 43.4 Å². The number of ether oxygens (including phenoxy) is 1. The van der Waals surface area contributed by atoms with E-state index in [0.29, 0.717) is 29.9 Å². The monoisotopic (exact) mass is 272 g/mol. The lowest BCUT2D eigenvalue weighted by molar-refractivity contribution is -0.118. The number of hydrogen-bond donors (Lipinski definition) is 0. The van der Waals surface area contributed by atoms with E-state index in [1.54, 1.807) is 12.1 Å². The number of benzene rings is 1. The van der Waals surface area contributed by atoms with E-state index < -0.39 is 0 Å². The number of esters is 1. The fraction of sp³-hybridized carbons (Fsp3) is 0.200. The van der Waals surface area contributed by atoms with E-state index >= 15 is 0 Å². The highest BCUT2D eigenvalue weighted by molar-refractivity contribution is 7.11. The quantitative estimate of drug-likeness (QED) is 0.789. The molecule has 0 unspecified atom stereocenters. The van der Waals surface area contributed by atoms with E-state index in [-0.39, 0.29) is 11.8 Å². The third-order valence-corrected chi connectivity index (χ3v) is 3.97. The fourth-order valence-corrected chi connectivity index (χ4v) is 2.89. The summed E-state index contributed by atoms with van der Waals surface area (Å²) in [5.74, 6) is -0.107. The summed E-state index contributed by atoms with van der Waals surface area (Å²) in [4.78, 5) is 23.6. The number of ketones is 1. The summed E-state index contributed by atoms with van der Waals surface area (Å²) < 4.78 is 5.33. The summed E-state index contributed by atoms with van der Waals surface area (Å²) in [6, 6.07) is 9.09. The minimum absolute atomic E-state index is 0.233. The second-order valence-corrected chi connectivity index (χ2v) is 5.39. The molecule has 0 aliphatic heterocycles. The number of Topliss-reactive ketones (excluding diaryl/α,β-unsaturated/α-hetero) is 1. The number of hydrogen-bond acceptors (Lipinski definition) is 4. The zero-order valence-corrected chi connectivity index (χ0v) is 11.0. The van der Waals surface area contributed by atoms with Crippen molar-refractivity contribution in [3.8, 4) is 5.06 Å². The lowest BCUT2D eigenvalue weighted by atomic mass is 9.87. The average molecular weight is 272 g/mol. The van der Waals surface area contributed by atoms with Crippen molar-refractivity contribution in [1.29, 1.82) is 0 Å². The Bertz CT molecular complexity index is 629. The molecule has 0 bridgehead atoms. The highest BCUT2D eigenvalue weighted by atomic mass is 32.1. The summed E-state index contributed by atoms with van der Waals surface area (Å²) in [7, 11) is 0. The van der Waals surface area contributed by atoms with Crippen LogP contribution in [-0.4, -0.2) is 11.8 Å². The minimum atomic E-state index is -0.339. The van der Waals surface area contributed by atoms with E-state index in [0.717, 1.165) is 11.1 Å². The molecule has 0 N–H and O–H groups in total. The Hall–Kier alpha value is -1.94. The smallest absolute Gasteiger partial charge is 0.344 e. The van der Waals surface area contributed by atoms with Gasteiger partial charge in [0, 0.05) is 12.8 Å². The molecule has 0 saturated carbocycles. The Labute approximate surface area is 114 Å². The number of carbonyl (C=O) groups excluding carboxylic acids is 2. The Morgan fingerprint density at radius 2 is 2.05 bits per heavy atom. The van der Waals surface area contributed by atoms with Crippen molar-refractivity contribution in [3.05, 3.63) is 52.4 Å². The van der Waals surface area contributed by atoms with Gasteiger partial charge in [0.05, 0.1) is 5.56 Å². The summed E-state index contributed by atoms with van der Waals surface area (Å²) in [5, 5.41) is 2.45. The normalized spacial score (nSPS) is 14.0. The highest BCUT2D eigenvalue weighted by Crippen LogP contribution is 2.25. The van der Waals surface area contributed by atoms with Crippen LogP contribution in [0.25, 0.3) is 0 Å². The van der Waals surface area contributed by atoms with E-state index in [9.17, 15) is 9.59 Å². The molecule has 1 aromatic heterocycles. The molecule has 3 nitrogen and oxygen atoms in total. The molecule has 1 aromatic carbocycles. The first-order valence-electron chi connectivity index (χ1n) is 6.12. The second kappa shape index (κ2) is 4.97. The summed E-state index contributed by atoms with van der Waals surface area (Å²) in [6.45, 7) is 0. The van der Waals surface area contributed by atoms with Crippen LogP contribution in [0.3, 0.4) is 0 Å². The van der Waals surface area contributed by atoms with Crippen LogP contribution in [0.2, 0.25) is 0 Å². The molecule has 1 aliphatic rings. The summed E-state index contributed by atoms with van der Waals surface area (Å²) in [6.07, 6.45) is 1.57. The van der Waals surface area contributed by atoms with Crippen LogP contribution in [0.4, 0.5) is 0 Å². The van der Waals surface area contributed by atoms with E-state index in [4.69, 9.17) is 4.74 Å². The standard InChI is InChI=1S/C15H12O3S/c16-11-6-7-12-10(9-11)3-1-4-13(12)15(17)18-14-5-2-8-19-14/h1-5,8H,6-7,9H2. The van der Waals surface area contributed by atoms with Gasteiger partial charge in [-0.05, 0) is 41.1 Å². The first-order valence-corrected chi connectivity index (χ1v) is 7.00. The molecule has 19 heavy (non-hydrogen) atoms. The van der Waals surface area contributed by atoms with Crippen LogP contribution in [0.1, 0.15) is 27.9 Å². The Morgan fingerprint density at radius 1 is 1.16 bits per heavy atom. The van der Waals surface area contributed by atoms with E-state index in [1.807, 2.05) is 23.6 Å². The Morgan fingerprint density at radius 3 is 2.84 bits per heavy atom. The Kier molecular flexibility index (Phi) is 3.17. The van der Waals surface area contributed by atoms with Crippen molar-refractivity contribution in [1.82, 2.24) is 0 Å². The first-order chi connectivity index (χ1) is 9.24. The zero-order valence-electron chi connectivity index (χ0n) is 10.2. The highest BCUT2D eigenvalue weighted by Gasteiger charge is 2.22. The number of thiophene rings is 1. The number of carbonyl (C=O) groups is 2. The van der Waals surface area contributed by atoms with Crippen molar-refractivity contribution >= 4 is 23.1 Å². The fourth-order valence-electron chi connectivity index (χ4n) is 2.32. The molecule has 0 fully saturated rings. The van der Waals surface area contributed by atoms with Crippen LogP contribution in [-0.2, 0) is 17.6 Å². The summed E-state index contributed by atoms with van der Waals surface area (Å²) in [5.41, 5.74) is 2.50. The zero-order chi connectivity index (χ0) is 13.2. The number of rotatable bonds is 2. The molecule has 0 radical (unpaired) electrons. The van der Waals surface area contributed by atoms with Gasteiger partial charge in [-0.3, -0.25) is 4.79 Å².